The summed E-state index contributed by atoms with van der Waals surface area (Å²) in [6.45, 7) is 8.33. The predicted octanol–water partition coefficient (Wildman–Crippen LogP) is 2.07. The molecule has 0 amide bonds. The van der Waals surface area contributed by atoms with Crippen LogP contribution in [0.2, 0.25) is 0 Å². The van der Waals surface area contributed by atoms with E-state index in [0.717, 1.165) is 13.1 Å². The number of hydrogen-bond acceptors (Lipinski definition) is 4. The first-order valence-corrected chi connectivity index (χ1v) is 5.95. The van der Waals surface area contributed by atoms with Crippen LogP contribution >= 0.6 is 11.9 Å². The number of ether oxygens (including phenoxy) is 1. The molecule has 4 heteroatoms. The summed E-state index contributed by atoms with van der Waals surface area (Å²) in [7, 11) is 0. The minimum atomic E-state index is -0.444. The van der Waals surface area contributed by atoms with Crippen molar-refractivity contribution in [1.82, 2.24) is 4.31 Å². The number of carbonyl (C=O) groups excluding carboxylic acids is 1. The molecule has 0 spiro atoms. The molecule has 0 atom stereocenters. The minimum absolute atomic E-state index is 0.114. The van der Waals surface area contributed by atoms with Gasteiger partial charge >= 0.3 is 5.97 Å². The molecule has 1 aliphatic heterocycles. The Morgan fingerprint density at radius 1 is 1.43 bits per heavy atom. The molecule has 1 heterocycles. The second-order valence-corrected chi connectivity index (χ2v) is 5.68. The Bertz CT molecular complexity index is 200. The van der Waals surface area contributed by atoms with E-state index in [0.29, 0.717) is 6.61 Å². The quantitative estimate of drug-likeness (QED) is 0.532. The summed E-state index contributed by atoms with van der Waals surface area (Å²) in [5, 5.41) is 0. The average Bonchev–Trinajstić information content (AvgIpc) is 2.56. The number of hydrogen-bond donors (Lipinski definition) is 0. The first-order valence-electron chi connectivity index (χ1n) is 5.17. The van der Waals surface area contributed by atoms with E-state index in [-0.39, 0.29) is 5.97 Å². The van der Waals surface area contributed by atoms with E-state index >= 15 is 0 Å². The summed E-state index contributed by atoms with van der Waals surface area (Å²) in [4.78, 5) is 11.6. The molecule has 1 aliphatic rings. The van der Waals surface area contributed by atoms with Gasteiger partial charge in [0.25, 0.3) is 0 Å². The third kappa shape index (κ3) is 3.17. The maximum Gasteiger partial charge on any atom is 0.322 e. The molecule has 0 bridgehead atoms. The highest BCUT2D eigenvalue weighted by Crippen LogP contribution is 2.31. The molecule has 0 unspecified atom stereocenters. The van der Waals surface area contributed by atoms with E-state index in [4.69, 9.17) is 4.74 Å². The van der Waals surface area contributed by atoms with E-state index in [2.05, 4.69) is 4.31 Å². The van der Waals surface area contributed by atoms with Crippen molar-refractivity contribution in [2.75, 3.05) is 19.7 Å². The molecule has 82 valence electrons. The van der Waals surface area contributed by atoms with Crippen LogP contribution in [0.1, 0.15) is 33.6 Å². The molecule has 14 heavy (non-hydrogen) atoms. The maximum absolute atomic E-state index is 11.6. The molecule has 1 fully saturated rings. The molecule has 0 aromatic carbocycles. The fourth-order valence-corrected chi connectivity index (χ4v) is 2.66. The third-order valence-corrected chi connectivity index (χ3v) is 3.44. The minimum Gasteiger partial charge on any atom is -0.465 e. The van der Waals surface area contributed by atoms with Gasteiger partial charge in [-0.25, -0.2) is 4.31 Å². The van der Waals surface area contributed by atoms with Crippen LogP contribution in [0.3, 0.4) is 0 Å². The van der Waals surface area contributed by atoms with Crippen LogP contribution in [0.5, 0.6) is 0 Å². The highest BCUT2D eigenvalue weighted by molar-refractivity contribution is 7.99. The SMILES string of the molecule is CCOC(=O)C(C)(C)SN1CCCC1. The maximum atomic E-state index is 11.6. The lowest BCUT2D eigenvalue weighted by molar-refractivity contribution is -0.145. The van der Waals surface area contributed by atoms with Gasteiger partial charge < -0.3 is 4.74 Å². The largest absolute Gasteiger partial charge is 0.465 e. The molecule has 0 saturated carbocycles. The van der Waals surface area contributed by atoms with E-state index in [1.54, 1.807) is 11.9 Å². The lowest BCUT2D eigenvalue weighted by atomic mass is 10.2. The number of esters is 1. The van der Waals surface area contributed by atoms with E-state index < -0.39 is 4.75 Å². The van der Waals surface area contributed by atoms with Crippen LogP contribution in [0.4, 0.5) is 0 Å². The Hall–Kier alpha value is -0.220. The molecule has 0 radical (unpaired) electrons. The highest BCUT2D eigenvalue weighted by Gasteiger charge is 2.33. The van der Waals surface area contributed by atoms with Gasteiger partial charge in [-0.2, -0.15) is 0 Å². The Kier molecular flexibility index (Phi) is 4.26. The second kappa shape index (κ2) is 5.03. The fraction of sp³-hybridized carbons (Fsp3) is 0.900. The zero-order valence-electron chi connectivity index (χ0n) is 9.21. The lowest BCUT2D eigenvalue weighted by Gasteiger charge is -2.26. The topological polar surface area (TPSA) is 29.5 Å². The summed E-state index contributed by atoms with van der Waals surface area (Å²) in [6.07, 6.45) is 2.48. The van der Waals surface area contributed by atoms with Crippen LogP contribution in [-0.4, -0.2) is 34.7 Å². The monoisotopic (exact) mass is 217 g/mol. The molecule has 0 aliphatic carbocycles. The first kappa shape index (κ1) is 11.9. The normalized spacial score (nSPS) is 18.5. The molecule has 1 rings (SSSR count). The zero-order chi connectivity index (χ0) is 10.6. The van der Waals surface area contributed by atoms with Crippen LogP contribution in [-0.2, 0) is 9.53 Å². The van der Waals surface area contributed by atoms with Crippen molar-refractivity contribution in [2.24, 2.45) is 0 Å². The van der Waals surface area contributed by atoms with Crippen molar-refractivity contribution >= 4 is 17.9 Å². The molecule has 0 N–H and O–H groups in total. The van der Waals surface area contributed by atoms with Gasteiger partial charge in [0.1, 0.15) is 4.75 Å². The summed E-state index contributed by atoms with van der Waals surface area (Å²) in [6, 6.07) is 0. The van der Waals surface area contributed by atoms with Gasteiger partial charge in [0, 0.05) is 13.1 Å². The molecule has 3 nitrogen and oxygen atoms in total. The average molecular weight is 217 g/mol. The molecule has 0 aromatic heterocycles. The van der Waals surface area contributed by atoms with Crippen LogP contribution in [0, 0.1) is 0 Å². The Morgan fingerprint density at radius 3 is 2.50 bits per heavy atom. The molecule has 1 saturated heterocycles. The summed E-state index contributed by atoms with van der Waals surface area (Å²) in [5.74, 6) is -0.114. The second-order valence-electron chi connectivity index (χ2n) is 3.96. The summed E-state index contributed by atoms with van der Waals surface area (Å²) < 4.78 is 6.85. The van der Waals surface area contributed by atoms with E-state index in [9.17, 15) is 4.79 Å². The molecular formula is C10H19NO2S. The fourth-order valence-electron chi connectivity index (χ4n) is 1.44. The van der Waals surface area contributed by atoms with Crippen molar-refractivity contribution < 1.29 is 9.53 Å². The Labute approximate surface area is 90.3 Å². The van der Waals surface area contributed by atoms with E-state index in [1.165, 1.54) is 12.8 Å². The summed E-state index contributed by atoms with van der Waals surface area (Å²) in [5.41, 5.74) is 0. The standard InChI is InChI=1S/C10H19NO2S/c1-4-13-9(12)10(2,3)14-11-7-5-6-8-11/h4-8H2,1-3H3. The van der Waals surface area contributed by atoms with Gasteiger partial charge in [-0.05, 0) is 33.6 Å². The van der Waals surface area contributed by atoms with Crippen LogP contribution in [0.25, 0.3) is 0 Å². The first-order chi connectivity index (χ1) is 6.56. The van der Waals surface area contributed by atoms with Gasteiger partial charge in [-0.15, -0.1) is 0 Å². The highest BCUT2D eigenvalue weighted by atomic mass is 32.2. The van der Waals surface area contributed by atoms with E-state index in [1.807, 2.05) is 20.8 Å². The molecule has 0 aromatic rings. The zero-order valence-corrected chi connectivity index (χ0v) is 10.0. The van der Waals surface area contributed by atoms with Crippen LogP contribution < -0.4 is 0 Å². The smallest absolute Gasteiger partial charge is 0.322 e. The van der Waals surface area contributed by atoms with Gasteiger partial charge in [0.05, 0.1) is 6.61 Å². The number of carbonyl (C=O) groups is 1. The third-order valence-electron chi connectivity index (χ3n) is 2.19. The number of rotatable bonds is 4. The van der Waals surface area contributed by atoms with Crippen LogP contribution in [0.15, 0.2) is 0 Å². The van der Waals surface area contributed by atoms with Gasteiger partial charge in [0.15, 0.2) is 0 Å². The van der Waals surface area contributed by atoms with Gasteiger partial charge in [0.2, 0.25) is 0 Å². The molecular weight excluding hydrogens is 198 g/mol. The Morgan fingerprint density at radius 2 is 2.00 bits per heavy atom. The van der Waals surface area contributed by atoms with Crippen molar-refractivity contribution in [1.29, 1.82) is 0 Å². The van der Waals surface area contributed by atoms with Crippen molar-refractivity contribution in [3.05, 3.63) is 0 Å². The number of nitrogens with zero attached hydrogens (tertiary/aromatic N) is 1. The van der Waals surface area contributed by atoms with Gasteiger partial charge in [-0.3, -0.25) is 4.79 Å². The van der Waals surface area contributed by atoms with Crippen molar-refractivity contribution in [3.8, 4) is 0 Å². The van der Waals surface area contributed by atoms with Gasteiger partial charge in [-0.1, -0.05) is 11.9 Å². The summed E-state index contributed by atoms with van der Waals surface area (Å²) >= 11 is 1.62. The lowest BCUT2D eigenvalue weighted by Crippen LogP contribution is -2.34. The van der Waals surface area contributed by atoms with Crippen molar-refractivity contribution in [3.63, 3.8) is 0 Å². The predicted molar refractivity (Wildman–Crippen MR) is 59.1 cm³/mol. The van der Waals surface area contributed by atoms with Crippen molar-refractivity contribution in [2.45, 2.75) is 38.4 Å². The Balaban J connectivity index is 2.42.